The Morgan fingerprint density at radius 3 is 2.62 bits per heavy atom. The van der Waals surface area contributed by atoms with Crippen molar-refractivity contribution in [1.29, 1.82) is 0 Å². The fraction of sp³-hybridized carbons (Fsp3) is 1.00. The lowest BCUT2D eigenvalue weighted by Crippen LogP contribution is -2.47. The molecule has 0 bridgehead atoms. The van der Waals surface area contributed by atoms with Crippen molar-refractivity contribution >= 4 is 0 Å². The molecule has 2 atom stereocenters. The van der Waals surface area contributed by atoms with Crippen LogP contribution in [0.4, 0.5) is 0 Å². The fourth-order valence-corrected chi connectivity index (χ4v) is 2.76. The number of hydrogen-bond acceptors (Lipinski definition) is 2. The van der Waals surface area contributed by atoms with Crippen molar-refractivity contribution in [3.63, 3.8) is 0 Å². The van der Waals surface area contributed by atoms with Crippen LogP contribution in [0.15, 0.2) is 0 Å². The largest absolute Gasteiger partial charge is 0.391 e. The summed E-state index contributed by atoms with van der Waals surface area (Å²) < 4.78 is 0. The van der Waals surface area contributed by atoms with Crippen LogP contribution in [0.25, 0.3) is 0 Å². The van der Waals surface area contributed by atoms with Crippen LogP contribution in [0.2, 0.25) is 0 Å². The third-order valence-corrected chi connectivity index (χ3v) is 4.00. The second kappa shape index (κ2) is 6.02. The van der Waals surface area contributed by atoms with E-state index in [0.717, 1.165) is 25.8 Å². The molecule has 1 N–H and O–H groups in total. The summed E-state index contributed by atoms with van der Waals surface area (Å²) in [7, 11) is 2.17. The van der Waals surface area contributed by atoms with Gasteiger partial charge in [-0.15, -0.1) is 0 Å². The second-order valence-electron chi connectivity index (χ2n) is 6.23. The molecule has 2 heteroatoms. The minimum Gasteiger partial charge on any atom is -0.391 e. The molecule has 2 unspecified atom stereocenters. The van der Waals surface area contributed by atoms with E-state index in [0.29, 0.717) is 11.5 Å². The molecule has 1 fully saturated rings. The first-order chi connectivity index (χ1) is 7.46. The third-order valence-electron chi connectivity index (χ3n) is 4.00. The average molecular weight is 227 g/mol. The zero-order valence-electron chi connectivity index (χ0n) is 11.5. The highest BCUT2D eigenvalue weighted by atomic mass is 16.3. The van der Waals surface area contributed by atoms with Gasteiger partial charge < -0.3 is 10.0 Å². The van der Waals surface area contributed by atoms with Gasteiger partial charge in [0, 0.05) is 6.04 Å². The molecular weight excluding hydrogens is 198 g/mol. The van der Waals surface area contributed by atoms with Crippen LogP contribution in [-0.4, -0.2) is 35.7 Å². The minimum atomic E-state index is -0.111. The van der Waals surface area contributed by atoms with E-state index in [1.807, 2.05) is 0 Å². The van der Waals surface area contributed by atoms with Crippen molar-refractivity contribution in [2.75, 3.05) is 13.6 Å². The van der Waals surface area contributed by atoms with Crippen LogP contribution in [0.3, 0.4) is 0 Å². The van der Waals surface area contributed by atoms with Gasteiger partial charge in [0.05, 0.1) is 6.10 Å². The van der Waals surface area contributed by atoms with Gasteiger partial charge in [0.25, 0.3) is 0 Å². The highest BCUT2D eigenvalue weighted by Gasteiger charge is 2.35. The van der Waals surface area contributed by atoms with Gasteiger partial charge in [0.1, 0.15) is 0 Å². The van der Waals surface area contributed by atoms with Crippen LogP contribution in [0.5, 0.6) is 0 Å². The highest BCUT2D eigenvalue weighted by Crippen LogP contribution is 2.37. The van der Waals surface area contributed by atoms with Gasteiger partial charge in [-0.3, -0.25) is 0 Å². The van der Waals surface area contributed by atoms with Crippen LogP contribution >= 0.6 is 0 Å². The predicted molar refractivity (Wildman–Crippen MR) is 69.6 cm³/mol. The highest BCUT2D eigenvalue weighted by molar-refractivity contribution is 4.89. The molecule has 1 saturated carbocycles. The van der Waals surface area contributed by atoms with Gasteiger partial charge in [0.2, 0.25) is 0 Å². The van der Waals surface area contributed by atoms with Crippen molar-refractivity contribution in [3.8, 4) is 0 Å². The second-order valence-corrected chi connectivity index (χ2v) is 6.23. The first kappa shape index (κ1) is 14.0. The van der Waals surface area contributed by atoms with Gasteiger partial charge in [-0.05, 0) is 44.7 Å². The summed E-state index contributed by atoms with van der Waals surface area (Å²) >= 11 is 0. The van der Waals surface area contributed by atoms with Crippen LogP contribution in [-0.2, 0) is 0 Å². The number of nitrogens with zero attached hydrogens (tertiary/aromatic N) is 1. The summed E-state index contributed by atoms with van der Waals surface area (Å²) in [4.78, 5) is 2.38. The first-order valence-electron chi connectivity index (χ1n) is 6.84. The summed E-state index contributed by atoms with van der Waals surface area (Å²) in [5, 5.41) is 10.1. The molecule has 1 aliphatic carbocycles. The normalized spacial score (nSPS) is 29.6. The van der Waals surface area contributed by atoms with E-state index in [-0.39, 0.29) is 6.10 Å². The number of hydrogen-bond donors (Lipinski definition) is 1. The molecule has 0 spiro atoms. The number of likely N-dealkylation sites (N-methyl/N-ethyl adjacent to an activating group) is 1. The van der Waals surface area contributed by atoms with Gasteiger partial charge in [-0.1, -0.05) is 33.6 Å². The Balaban J connectivity index is 2.42. The monoisotopic (exact) mass is 227 g/mol. The molecule has 1 rings (SSSR count). The standard InChI is InChI=1S/C14H29NO/c1-5-6-7-10-15(4)12-11-14(2,3)9-8-13(12)16/h12-13,16H,5-11H2,1-4H3. The van der Waals surface area contributed by atoms with Crippen LogP contribution < -0.4 is 0 Å². The molecule has 0 aromatic rings. The first-order valence-corrected chi connectivity index (χ1v) is 6.84. The van der Waals surface area contributed by atoms with Crippen molar-refractivity contribution in [2.24, 2.45) is 5.41 Å². The van der Waals surface area contributed by atoms with Crippen molar-refractivity contribution in [2.45, 2.75) is 71.4 Å². The zero-order valence-corrected chi connectivity index (χ0v) is 11.5. The molecular formula is C14H29NO. The zero-order chi connectivity index (χ0) is 12.2. The van der Waals surface area contributed by atoms with Crippen LogP contribution in [0, 0.1) is 5.41 Å². The minimum absolute atomic E-state index is 0.111. The number of unbranched alkanes of at least 4 members (excludes halogenated alkanes) is 2. The van der Waals surface area contributed by atoms with E-state index in [9.17, 15) is 5.11 Å². The average Bonchev–Trinajstić information content (AvgIpc) is 2.22. The molecule has 0 heterocycles. The van der Waals surface area contributed by atoms with Gasteiger partial charge in [0.15, 0.2) is 0 Å². The molecule has 0 saturated heterocycles. The molecule has 0 aliphatic heterocycles. The Bertz CT molecular complexity index is 203. The van der Waals surface area contributed by atoms with Crippen molar-refractivity contribution in [1.82, 2.24) is 4.90 Å². The molecule has 16 heavy (non-hydrogen) atoms. The molecule has 0 aromatic heterocycles. The van der Waals surface area contributed by atoms with Crippen molar-refractivity contribution in [3.05, 3.63) is 0 Å². The third kappa shape index (κ3) is 4.06. The molecule has 1 aliphatic rings. The number of aliphatic hydroxyl groups excluding tert-OH is 1. The SMILES string of the molecule is CCCCCN(C)C1CC(C)(C)CCC1O. The molecule has 0 radical (unpaired) electrons. The quantitative estimate of drug-likeness (QED) is 0.730. The fourth-order valence-electron chi connectivity index (χ4n) is 2.76. The molecule has 0 amide bonds. The molecule has 0 aromatic carbocycles. The molecule has 96 valence electrons. The maximum Gasteiger partial charge on any atom is 0.0695 e. The Kier molecular flexibility index (Phi) is 5.26. The maximum atomic E-state index is 10.1. The van der Waals surface area contributed by atoms with E-state index in [1.165, 1.54) is 19.3 Å². The lowest BCUT2D eigenvalue weighted by molar-refractivity contribution is -0.00767. The smallest absolute Gasteiger partial charge is 0.0695 e. The van der Waals surface area contributed by atoms with E-state index in [2.05, 4.69) is 32.7 Å². The van der Waals surface area contributed by atoms with Crippen molar-refractivity contribution < 1.29 is 5.11 Å². The summed E-state index contributed by atoms with van der Waals surface area (Å²) in [5.74, 6) is 0. The number of aliphatic hydroxyl groups is 1. The topological polar surface area (TPSA) is 23.5 Å². The van der Waals surface area contributed by atoms with E-state index in [1.54, 1.807) is 0 Å². The van der Waals surface area contributed by atoms with Gasteiger partial charge in [-0.25, -0.2) is 0 Å². The summed E-state index contributed by atoms with van der Waals surface area (Å²) in [5.41, 5.74) is 0.406. The Labute approximate surface area is 101 Å². The Morgan fingerprint density at radius 1 is 1.31 bits per heavy atom. The lowest BCUT2D eigenvalue weighted by atomic mass is 9.73. The van der Waals surface area contributed by atoms with E-state index in [4.69, 9.17) is 0 Å². The molecule has 2 nitrogen and oxygen atoms in total. The Morgan fingerprint density at radius 2 is 2.00 bits per heavy atom. The number of rotatable bonds is 5. The Hall–Kier alpha value is -0.0800. The maximum absolute atomic E-state index is 10.1. The van der Waals surface area contributed by atoms with E-state index < -0.39 is 0 Å². The lowest BCUT2D eigenvalue weighted by Gasteiger charge is -2.42. The van der Waals surface area contributed by atoms with Gasteiger partial charge in [-0.2, -0.15) is 0 Å². The van der Waals surface area contributed by atoms with Gasteiger partial charge >= 0.3 is 0 Å². The predicted octanol–water partition coefficient (Wildman–Crippen LogP) is 3.05. The summed E-state index contributed by atoms with van der Waals surface area (Å²) in [6, 6.07) is 0.376. The van der Waals surface area contributed by atoms with Crippen LogP contribution in [0.1, 0.15) is 59.3 Å². The summed E-state index contributed by atoms with van der Waals surface area (Å²) in [6.07, 6.45) is 6.99. The van der Waals surface area contributed by atoms with E-state index >= 15 is 0 Å². The summed E-state index contributed by atoms with van der Waals surface area (Å²) in [6.45, 7) is 8.02.